The van der Waals surface area contributed by atoms with Gasteiger partial charge in [-0.15, -0.1) is 0 Å². The molecular formula is C20H31ClN3S+. The van der Waals surface area contributed by atoms with Crippen molar-refractivity contribution in [2.24, 2.45) is 5.92 Å². The number of rotatable bonds is 4. The second-order valence-corrected chi connectivity index (χ2v) is 8.66. The average molecular weight is 381 g/mol. The molecule has 0 radical (unpaired) electrons. The van der Waals surface area contributed by atoms with Gasteiger partial charge in [-0.05, 0) is 43.1 Å². The Labute approximate surface area is 162 Å². The third-order valence-electron chi connectivity index (χ3n) is 5.82. The van der Waals surface area contributed by atoms with Gasteiger partial charge in [-0.25, -0.2) is 0 Å². The van der Waals surface area contributed by atoms with Gasteiger partial charge in [0.05, 0.1) is 13.1 Å². The fourth-order valence-electron chi connectivity index (χ4n) is 4.16. The van der Waals surface area contributed by atoms with Crippen molar-refractivity contribution in [3.05, 3.63) is 34.9 Å². The summed E-state index contributed by atoms with van der Waals surface area (Å²) >= 11 is 11.5. The predicted octanol–water partition coefficient (Wildman–Crippen LogP) is 2.93. The number of hydrogen-bond donors (Lipinski definition) is 3. The van der Waals surface area contributed by atoms with Crippen LogP contribution >= 0.6 is 23.8 Å². The number of thiocarbonyl (C=S) groups is 1. The van der Waals surface area contributed by atoms with Crippen LogP contribution in [0.15, 0.2) is 24.3 Å². The third-order valence-corrected chi connectivity index (χ3v) is 6.31. The molecule has 0 amide bonds. The monoisotopic (exact) mass is 380 g/mol. The normalized spacial score (nSPS) is 29.8. The summed E-state index contributed by atoms with van der Waals surface area (Å²) in [5, 5.41) is 8.82. The zero-order chi connectivity index (χ0) is 17.6. The molecule has 1 saturated heterocycles. The summed E-state index contributed by atoms with van der Waals surface area (Å²) in [4.78, 5) is 1.65. The molecule has 138 valence electrons. The van der Waals surface area contributed by atoms with E-state index in [4.69, 9.17) is 23.8 Å². The molecule has 3 rings (SSSR count). The van der Waals surface area contributed by atoms with E-state index in [-0.39, 0.29) is 0 Å². The highest BCUT2D eigenvalue weighted by atomic mass is 35.5. The van der Waals surface area contributed by atoms with E-state index in [0.29, 0.717) is 12.1 Å². The summed E-state index contributed by atoms with van der Waals surface area (Å²) in [5.41, 5.74) is 1.37. The first-order valence-electron chi connectivity index (χ1n) is 9.75. The summed E-state index contributed by atoms with van der Waals surface area (Å²) in [5.74, 6) is 0.735. The molecule has 0 aromatic heterocycles. The smallest absolute Gasteiger partial charge is 0.166 e. The molecule has 3 nitrogen and oxygen atoms in total. The largest absolute Gasteiger partial charge is 0.360 e. The summed E-state index contributed by atoms with van der Waals surface area (Å²) in [6.07, 6.45) is 7.65. The van der Waals surface area contributed by atoms with Crippen LogP contribution in [0.5, 0.6) is 0 Å². The SMILES string of the molecule is C[C@H]1CCCC[C@H]1NC(=S)NC1CC[NH+](Cc2ccc(Cl)cc2)CC1. The highest BCUT2D eigenvalue weighted by Gasteiger charge is 2.25. The van der Waals surface area contributed by atoms with Crippen LogP contribution in [0.25, 0.3) is 0 Å². The molecule has 25 heavy (non-hydrogen) atoms. The predicted molar refractivity (Wildman–Crippen MR) is 109 cm³/mol. The highest BCUT2D eigenvalue weighted by molar-refractivity contribution is 7.80. The van der Waals surface area contributed by atoms with E-state index in [9.17, 15) is 0 Å². The Bertz CT molecular complexity index is 555. The molecule has 2 fully saturated rings. The molecule has 3 N–H and O–H groups in total. The molecule has 1 aromatic carbocycles. The lowest BCUT2D eigenvalue weighted by atomic mass is 9.86. The van der Waals surface area contributed by atoms with E-state index in [1.807, 2.05) is 12.1 Å². The zero-order valence-corrected chi connectivity index (χ0v) is 16.8. The Morgan fingerprint density at radius 1 is 1.08 bits per heavy atom. The molecule has 1 heterocycles. The van der Waals surface area contributed by atoms with Gasteiger partial charge < -0.3 is 15.5 Å². The molecule has 1 aromatic rings. The molecule has 1 aliphatic heterocycles. The van der Waals surface area contributed by atoms with Gasteiger partial charge in [-0.2, -0.15) is 0 Å². The minimum atomic E-state index is 0.521. The Morgan fingerprint density at radius 3 is 2.44 bits per heavy atom. The van der Waals surface area contributed by atoms with Gasteiger partial charge in [0, 0.05) is 35.5 Å². The first-order chi connectivity index (χ1) is 12.1. The van der Waals surface area contributed by atoms with E-state index < -0.39 is 0 Å². The number of hydrogen-bond acceptors (Lipinski definition) is 1. The van der Waals surface area contributed by atoms with Gasteiger partial charge in [-0.3, -0.25) is 0 Å². The van der Waals surface area contributed by atoms with Gasteiger partial charge in [0.2, 0.25) is 0 Å². The maximum absolute atomic E-state index is 5.97. The van der Waals surface area contributed by atoms with Crippen LogP contribution in [0, 0.1) is 5.92 Å². The second-order valence-electron chi connectivity index (χ2n) is 7.81. The van der Waals surface area contributed by atoms with Crippen molar-refractivity contribution in [2.75, 3.05) is 13.1 Å². The molecule has 2 atom stereocenters. The first-order valence-corrected chi connectivity index (χ1v) is 10.5. The molecule has 1 saturated carbocycles. The average Bonchev–Trinajstić information content (AvgIpc) is 2.61. The topological polar surface area (TPSA) is 28.5 Å². The van der Waals surface area contributed by atoms with Crippen LogP contribution in [-0.4, -0.2) is 30.3 Å². The van der Waals surface area contributed by atoms with Crippen molar-refractivity contribution in [1.82, 2.24) is 10.6 Å². The van der Waals surface area contributed by atoms with Crippen molar-refractivity contribution in [3.8, 4) is 0 Å². The van der Waals surface area contributed by atoms with Crippen LogP contribution in [0.4, 0.5) is 0 Å². The first kappa shape index (κ1) is 18.9. The second kappa shape index (κ2) is 9.20. The van der Waals surface area contributed by atoms with Crippen LogP contribution in [0.3, 0.4) is 0 Å². The lowest BCUT2D eigenvalue weighted by Gasteiger charge is -2.33. The summed E-state index contributed by atoms with van der Waals surface area (Å²) in [6.45, 7) is 5.83. The summed E-state index contributed by atoms with van der Waals surface area (Å²) in [7, 11) is 0. The number of likely N-dealkylation sites (tertiary alicyclic amines) is 1. The van der Waals surface area contributed by atoms with Crippen molar-refractivity contribution >= 4 is 28.9 Å². The number of benzene rings is 1. The highest BCUT2D eigenvalue weighted by Crippen LogP contribution is 2.23. The Balaban J connectivity index is 1.38. The third kappa shape index (κ3) is 5.83. The Kier molecular flexibility index (Phi) is 6.97. The van der Waals surface area contributed by atoms with Gasteiger partial charge in [0.25, 0.3) is 0 Å². The summed E-state index contributed by atoms with van der Waals surface area (Å²) < 4.78 is 0. The van der Waals surface area contributed by atoms with Gasteiger partial charge in [-0.1, -0.05) is 43.5 Å². The Hall–Kier alpha value is -0.840. The molecule has 0 unspecified atom stereocenters. The van der Waals surface area contributed by atoms with E-state index in [1.54, 1.807) is 4.90 Å². The van der Waals surface area contributed by atoms with Gasteiger partial charge in [0.15, 0.2) is 5.11 Å². The van der Waals surface area contributed by atoms with Crippen molar-refractivity contribution in [3.63, 3.8) is 0 Å². The maximum atomic E-state index is 5.97. The fourth-order valence-corrected chi connectivity index (χ4v) is 4.61. The maximum Gasteiger partial charge on any atom is 0.166 e. The molecule has 0 bridgehead atoms. The lowest BCUT2D eigenvalue weighted by Crippen LogP contribution is -3.12. The Morgan fingerprint density at radius 2 is 1.76 bits per heavy atom. The minimum absolute atomic E-state index is 0.521. The minimum Gasteiger partial charge on any atom is -0.360 e. The van der Waals surface area contributed by atoms with Crippen LogP contribution < -0.4 is 15.5 Å². The van der Waals surface area contributed by atoms with E-state index in [0.717, 1.165) is 22.6 Å². The van der Waals surface area contributed by atoms with Gasteiger partial charge in [0.1, 0.15) is 6.54 Å². The number of halogens is 1. The molecular weight excluding hydrogens is 350 g/mol. The summed E-state index contributed by atoms with van der Waals surface area (Å²) in [6, 6.07) is 9.34. The number of nitrogens with one attached hydrogen (secondary N) is 3. The molecule has 0 spiro atoms. The lowest BCUT2D eigenvalue weighted by molar-refractivity contribution is -0.918. The van der Waals surface area contributed by atoms with Crippen molar-refractivity contribution < 1.29 is 4.90 Å². The fraction of sp³-hybridized carbons (Fsp3) is 0.650. The standard InChI is InChI=1S/C20H30ClN3S/c1-15-4-2-3-5-19(15)23-20(25)22-18-10-12-24(13-11-18)14-16-6-8-17(21)9-7-16/h6-9,15,18-19H,2-5,10-14H2,1H3,(H2,22,23,25)/p+1/t15-,19+/m0/s1. The molecule has 1 aliphatic carbocycles. The van der Waals surface area contributed by atoms with E-state index >= 15 is 0 Å². The van der Waals surface area contributed by atoms with E-state index in [2.05, 4.69) is 29.7 Å². The van der Waals surface area contributed by atoms with Crippen molar-refractivity contribution in [2.45, 2.75) is 64.1 Å². The van der Waals surface area contributed by atoms with Crippen LogP contribution in [0.1, 0.15) is 51.0 Å². The quantitative estimate of drug-likeness (QED) is 0.701. The molecule has 2 aliphatic rings. The molecule has 5 heteroatoms. The van der Waals surface area contributed by atoms with Crippen LogP contribution in [0.2, 0.25) is 5.02 Å². The number of piperidine rings is 1. The zero-order valence-electron chi connectivity index (χ0n) is 15.2. The van der Waals surface area contributed by atoms with Gasteiger partial charge >= 0.3 is 0 Å². The number of quaternary nitrogens is 1. The van der Waals surface area contributed by atoms with E-state index in [1.165, 1.54) is 57.2 Å². The van der Waals surface area contributed by atoms with Crippen molar-refractivity contribution in [1.29, 1.82) is 0 Å². The van der Waals surface area contributed by atoms with Crippen LogP contribution in [-0.2, 0) is 6.54 Å².